The lowest BCUT2D eigenvalue weighted by Crippen LogP contribution is -2.41. The molecular weight excluding hydrogens is 502 g/mol. The SMILES string of the molecule is O=c1cc(N2CCS(=O)(=O)CC2)nc(-c2ccc(Cl)cc2Cl)n1-c1ccc(C(F)(F)F)cc1. The predicted molar refractivity (Wildman–Crippen MR) is 121 cm³/mol. The Morgan fingerprint density at radius 2 is 1.58 bits per heavy atom. The number of nitrogens with zero attached hydrogens (tertiary/aromatic N) is 3. The predicted octanol–water partition coefficient (Wildman–Crippen LogP) is 4.46. The first-order chi connectivity index (χ1) is 15.4. The monoisotopic (exact) mass is 517 g/mol. The number of anilines is 1. The van der Waals surface area contributed by atoms with E-state index in [2.05, 4.69) is 4.98 Å². The molecule has 6 nitrogen and oxygen atoms in total. The summed E-state index contributed by atoms with van der Waals surface area (Å²) >= 11 is 12.3. The van der Waals surface area contributed by atoms with E-state index in [1.54, 1.807) is 17.0 Å². The zero-order valence-corrected chi connectivity index (χ0v) is 19.1. The molecule has 0 bridgehead atoms. The van der Waals surface area contributed by atoms with E-state index in [-0.39, 0.29) is 46.9 Å². The Morgan fingerprint density at radius 1 is 0.939 bits per heavy atom. The van der Waals surface area contributed by atoms with Crippen molar-refractivity contribution in [2.75, 3.05) is 29.5 Å². The van der Waals surface area contributed by atoms with E-state index >= 15 is 0 Å². The van der Waals surface area contributed by atoms with Crippen molar-refractivity contribution in [3.05, 3.63) is 74.5 Å². The lowest BCUT2D eigenvalue weighted by molar-refractivity contribution is -0.137. The van der Waals surface area contributed by atoms with Gasteiger partial charge in [0.2, 0.25) is 0 Å². The van der Waals surface area contributed by atoms with Crippen LogP contribution in [0.5, 0.6) is 0 Å². The van der Waals surface area contributed by atoms with Gasteiger partial charge in [0.05, 0.1) is 27.8 Å². The molecule has 1 saturated heterocycles. The second-order valence-corrected chi connectivity index (χ2v) is 10.6. The van der Waals surface area contributed by atoms with Gasteiger partial charge in [-0.1, -0.05) is 23.2 Å². The summed E-state index contributed by atoms with van der Waals surface area (Å²) in [5.41, 5.74) is -0.919. The van der Waals surface area contributed by atoms with Crippen molar-refractivity contribution in [3.8, 4) is 17.1 Å². The quantitative estimate of drug-likeness (QED) is 0.512. The topological polar surface area (TPSA) is 72.3 Å². The minimum absolute atomic E-state index is 0.0757. The molecule has 12 heteroatoms. The number of sulfone groups is 1. The number of hydrogen-bond acceptors (Lipinski definition) is 5. The fourth-order valence-corrected chi connectivity index (χ4v) is 5.17. The fraction of sp³-hybridized carbons (Fsp3) is 0.238. The summed E-state index contributed by atoms with van der Waals surface area (Å²) in [5, 5.41) is 0.540. The van der Waals surface area contributed by atoms with Crippen molar-refractivity contribution >= 4 is 38.9 Å². The third-order valence-corrected chi connectivity index (χ3v) is 7.36. The molecule has 174 valence electrons. The second-order valence-electron chi connectivity index (χ2n) is 7.42. The molecule has 1 aliphatic heterocycles. The Balaban J connectivity index is 1.88. The number of benzene rings is 2. The molecule has 0 aliphatic carbocycles. The van der Waals surface area contributed by atoms with Crippen LogP contribution in [0.2, 0.25) is 10.0 Å². The number of aromatic nitrogens is 2. The molecule has 1 aromatic heterocycles. The van der Waals surface area contributed by atoms with E-state index in [1.165, 1.54) is 24.3 Å². The highest BCUT2D eigenvalue weighted by Gasteiger charge is 2.30. The van der Waals surface area contributed by atoms with Crippen molar-refractivity contribution in [3.63, 3.8) is 0 Å². The van der Waals surface area contributed by atoms with E-state index in [0.29, 0.717) is 10.6 Å². The Labute approximate surface area is 197 Å². The zero-order valence-electron chi connectivity index (χ0n) is 16.8. The highest BCUT2D eigenvalue weighted by Crippen LogP contribution is 2.33. The standard InChI is InChI=1S/C21H16Cl2F3N3O3S/c22-14-3-6-16(17(23)11-14)20-27-18(28-7-9-33(31,32)10-8-28)12-19(30)29(20)15-4-1-13(2-5-15)21(24,25)26/h1-6,11-12H,7-10H2. The van der Waals surface area contributed by atoms with Crippen molar-refractivity contribution in [2.24, 2.45) is 0 Å². The number of alkyl halides is 3. The number of rotatable bonds is 3. The third-order valence-electron chi connectivity index (χ3n) is 5.20. The molecule has 0 saturated carbocycles. The summed E-state index contributed by atoms with van der Waals surface area (Å²) in [5.74, 6) is 0.188. The van der Waals surface area contributed by atoms with Gasteiger partial charge in [-0.15, -0.1) is 0 Å². The van der Waals surface area contributed by atoms with Gasteiger partial charge >= 0.3 is 6.18 Å². The zero-order chi connectivity index (χ0) is 24.0. The lowest BCUT2D eigenvalue weighted by Gasteiger charge is -2.28. The summed E-state index contributed by atoms with van der Waals surface area (Å²) in [6, 6.07) is 9.88. The molecule has 2 heterocycles. The van der Waals surface area contributed by atoms with Gasteiger partial charge in [-0.25, -0.2) is 13.4 Å². The number of halogens is 5. The minimum Gasteiger partial charge on any atom is -0.354 e. The summed E-state index contributed by atoms with van der Waals surface area (Å²) in [7, 11) is -3.16. The summed E-state index contributed by atoms with van der Waals surface area (Å²) < 4.78 is 63.7. The Kier molecular flexibility index (Phi) is 6.19. The van der Waals surface area contributed by atoms with Crippen LogP contribution >= 0.6 is 23.2 Å². The van der Waals surface area contributed by atoms with Gasteiger partial charge in [0.25, 0.3) is 5.56 Å². The van der Waals surface area contributed by atoms with Crippen LogP contribution in [0.4, 0.5) is 19.0 Å². The van der Waals surface area contributed by atoms with Crippen molar-refractivity contribution in [1.29, 1.82) is 0 Å². The van der Waals surface area contributed by atoms with Crippen LogP contribution in [-0.4, -0.2) is 42.6 Å². The van der Waals surface area contributed by atoms with Gasteiger partial charge in [-0.3, -0.25) is 9.36 Å². The van der Waals surface area contributed by atoms with E-state index < -0.39 is 27.1 Å². The van der Waals surface area contributed by atoms with Gasteiger partial charge in [-0.05, 0) is 42.5 Å². The van der Waals surface area contributed by atoms with Crippen LogP contribution in [0.3, 0.4) is 0 Å². The molecule has 0 N–H and O–H groups in total. The fourth-order valence-electron chi connectivity index (χ4n) is 3.47. The number of hydrogen-bond donors (Lipinski definition) is 0. The van der Waals surface area contributed by atoms with Crippen LogP contribution < -0.4 is 10.5 Å². The molecule has 0 amide bonds. The largest absolute Gasteiger partial charge is 0.416 e. The minimum atomic E-state index is -4.53. The normalized spacial score (nSPS) is 16.1. The van der Waals surface area contributed by atoms with Gasteiger partial charge in [0.1, 0.15) is 5.82 Å². The lowest BCUT2D eigenvalue weighted by atomic mass is 10.1. The molecule has 2 aromatic carbocycles. The van der Waals surface area contributed by atoms with Crippen LogP contribution in [0.1, 0.15) is 5.56 Å². The molecule has 0 radical (unpaired) electrons. The second kappa shape index (κ2) is 8.66. The molecule has 0 unspecified atom stereocenters. The van der Waals surface area contributed by atoms with Crippen molar-refractivity contribution < 1.29 is 21.6 Å². The first-order valence-corrected chi connectivity index (χ1v) is 12.2. The van der Waals surface area contributed by atoms with Gasteiger partial charge in [-0.2, -0.15) is 13.2 Å². The smallest absolute Gasteiger partial charge is 0.354 e. The summed E-state index contributed by atoms with van der Waals surface area (Å²) in [6.45, 7) is 0.319. The van der Waals surface area contributed by atoms with Crippen LogP contribution in [0, 0.1) is 0 Å². The van der Waals surface area contributed by atoms with Crippen LogP contribution in [-0.2, 0) is 16.0 Å². The Morgan fingerprint density at radius 3 is 2.15 bits per heavy atom. The third kappa shape index (κ3) is 5.02. The first kappa shape index (κ1) is 23.6. The molecule has 0 atom stereocenters. The van der Waals surface area contributed by atoms with Crippen LogP contribution in [0.25, 0.3) is 17.1 Å². The van der Waals surface area contributed by atoms with Gasteiger partial charge in [0.15, 0.2) is 15.7 Å². The molecule has 0 spiro atoms. The van der Waals surface area contributed by atoms with Gasteiger partial charge in [0, 0.05) is 29.7 Å². The summed E-state index contributed by atoms with van der Waals surface area (Å²) in [4.78, 5) is 19.4. The molecular formula is C21H16Cl2F3N3O3S. The van der Waals surface area contributed by atoms with E-state index in [0.717, 1.165) is 16.7 Å². The summed E-state index contributed by atoms with van der Waals surface area (Å²) in [6.07, 6.45) is -4.53. The Hall–Kier alpha value is -2.56. The van der Waals surface area contributed by atoms with E-state index in [9.17, 15) is 26.4 Å². The average molecular weight is 518 g/mol. The van der Waals surface area contributed by atoms with Crippen LogP contribution in [0.15, 0.2) is 53.3 Å². The molecule has 1 fully saturated rings. The maximum Gasteiger partial charge on any atom is 0.416 e. The molecule has 4 rings (SSSR count). The maximum atomic E-state index is 13.2. The highest BCUT2D eigenvalue weighted by atomic mass is 35.5. The van der Waals surface area contributed by atoms with E-state index in [1.807, 2.05) is 0 Å². The highest BCUT2D eigenvalue weighted by molar-refractivity contribution is 7.91. The van der Waals surface area contributed by atoms with E-state index in [4.69, 9.17) is 23.2 Å². The molecule has 1 aliphatic rings. The average Bonchev–Trinajstić information content (AvgIpc) is 2.73. The molecule has 33 heavy (non-hydrogen) atoms. The van der Waals surface area contributed by atoms with Crippen molar-refractivity contribution in [1.82, 2.24) is 9.55 Å². The van der Waals surface area contributed by atoms with Gasteiger partial charge < -0.3 is 4.90 Å². The van der Waals surface area contributed by atoms with Crippen molar-refractivity contribution in [2.45, 2.75) is 6.18 Å². The first-order valence-electron chi connectivity index (χ1n) is 9.67. The Bertz CT molecular complexity index is 1360. The molecule has 3 aromatic rings. The maximum absolute atomic E-state index is 13.2.